The van der Waals surface area contributed by atoms with Crippen molar-refractivity contribution in [2.75, 3.05) is 10.6 Å². The molecule has 4 nitrogen and oxygen atoms in total. The first-order valence-corrected chi connectivity index (χ1v) is 9.05. The normalized spacial score (nSPS) is 10.6. The van der Waals surface area contributed by atoms with Gasteiger partial charge < -0.3 is 10.4 Å². The second kappa shape index (κ2) is 8.41. The third-order valence-corrected chi connectivity index (χ3v) is 4.49. The monoisotopic (exact) mass is 360 g/mol. The highest BCUT2D eigenvalue weighted by Crippen LogP contribution is 2.31. The molecule has 3 N–H and O–H groups in total. The molecule has 0 aliphatic carbocycles. The largest absolute Gasteiger partial charge is 0.465 e. The first kappa shape index (κ1) is 18.5. The highest BCUT2D eigenvalue weighted by atomic mass is 16.4. The van der Waals surface area contributed by atoms with Gasteiger partial charge in [-0.2, -0.15) is 0 Å². The van der Waals surface area contributed by atoms with Crippen LogP contribution in [-0.4, -0.2) is 11.2 Å². The van der Waals surface area contributed by atoms with Crippen LogP contribution in [0.4, 0.5) is 16.2 Å². The highest BCUT2D eigenvalue weighted by Gasteiger charge is 2.09. The van der Waals surface area contributed by atoms with Crippen molar-refractivity contribution in [2.45, 2.75) is 26.3 Å². The van der Waals surface area contributed by atoms with Crippen molar-refractivity contribution in [3.63, 3.8) is 0 Å². The predicted molar refractivity (Wildman–Crippen MR) is 111 cm³/mol. The number of rotatable bonds is 6. The molecule has 0 radical (unpaired) electrons. The second-order valence-corrected chi connectivity index (χ2v) is 6.81. The van der Waals surface area contributed by atoms with E-state index in [4.69, 9.17) is 5.11 Å². The molecule has 0 spiro atoms. The molecule has 0 aromatic heterocycles. The number of benzene rings is 3. The molecule has 1 amide bonds. The molecule has 0 unspecified atom stereocenters. The van der Waals surface area contributed by atoms with Gasteiger partial charge in [-0.15, -0.1) is 0 Å². The summed E-state index contributed by atoms with van der Waals surface area (Å²) in [6.07, 6.45) is -1.07. The minimum atomic E-state index is -1.07. The summed E-state index contributed by atoms with van der Waals surface area (Å²) in [5.74, 6) is 0.523. The summed E-state index contributed by atoms with van der Waals surface area (Å²) in [6.45, 7) is 5.08. The average molecular weight is 360 g/mol. The number of carbonyl (C=O) groups is 1. The molecule has 0 aliphatic rings. The third-order valence-electron chi connectivity index (χ3n) is 4.49. The number of carboxylic acid groups (broad SMARTS) is 1. The van der Waals surface area contributed by atoms with Crippen molar-refractivity contribution in [2.24, 2.45) is 0 Å². The molecule has 0 bridgehead atoms. The van der Waals surface area contributed by atoms with Crippen molar-refractivity contribution in [1.82, 2.24) is 0 Å². The van der Waals surface area contributed by atoms with E-state index in [9.17, 15) is 4.79 Å². The molecule has 0 saturated carbocycles. The second-order valence-electron chi connectivity index (χ2n) is 6.81. The third kappa shape index (κ3) is 4.88. The zero-order valence-electron chi connectivity index (χ0n) is 15.6. The average Bonchev–Trinajstić information content (AvgIpc) is 2.68. The topological polar surface area (TPSA) is 61.4 Å². The Kier molecular flexibility index (Phi) is 5.77. The van der Waals surface area contributed by atoms with Gasteiger partial charge in [-0.05, 0) is 40.8 Å². The van der Waals surface area contributed by atoms with Crippen molar-refractivity contribution < 1.29 is 9.90 Å². The fourth-order valence-corrected chi connectivity index (χ4v) is 2.96. The van der Waals surface area contributed by atoms with Crippen LogP contribution in [0, 0.1) is 0 Å². The molecule has 27 heavy (non-hydrogen) atoms. The number of amides is 1. The molecular weight excluding hydrogens is 336 g/mol. The van der Waals surface area contributed by atoms with E-state index in [1.807, 2.05) is 42.5 Å². The van der Waals surface area contributed by atoms with E-state index in [0.29, 0.717) is 18.2 Å². The Hall–Kier alpha value is -3.27. The SMILES string of the molecule is CC(C)c1ccc(CNc2ccc(NC(=O)O)c(-c3ccccc3)c2)cc1. The Morgan fingerprint density at radius 1 is 0.963 bits per heavy atom. The van der Waals surface area contributed by atoms with Gasteiger partial charge in [-0.3, -0.25) is 5.32 Å². The Morgan fingerprint density at radius 3 is 2.30 bits per heavy atom. The quantitative estimate of drug-likeness (QED) is 0.492. The zero-order valence-corrected chi connectivity index (χ0v) is 15.6. The minimum Gasteiger partial charge on any atom is -0.465 e. The zero-order chi connectivity index (χ0) is 19.2. The summed E-state index contributed by atoms with van der Waals surface area (Å²) in [7, 11) is 0. The Bertz CT molecular complexity index is 903. The van der Waals surface area contributed by atoms with Crippen LogP contribution < -0.4 is 10.6 Å². The van der Waals surface area contributed by atoms with Crippen LogP contribution in [0.5, 0.6) is 0 Å². The lowest BCUT2D eigenvalue weighted by molar-refractivity contribution is 0.210. The molecule has 3 aromatic carbocycles. The van der Waals surface area contributed by atoms with Crippen molar-refractivity contribution in [3.05, 3.63) is 83.9 Å². The molecule has 3 rings (SSSR count). The van der Waals surface area contributed by atoms with Gasteiger partial charge >= 0.3 is 6.09 Å². The van der Waals surface area contributed by atoms with Crippen LogP contribution in [0.25, 0.3) is 11.1 Å². The van der Waals surface area contributed by atoms with Gasteiger partial charge in [0.25, 0.3) is 0 Å². The molecule has 0 aliphatic heterocycles. The van der Waals surface area contributed by atoms with Crippen LogP contribution in [-0.2, 0) is 6.54 Å². The molecule has 0 fully saturated rings. The van der Waals surface area contributed by atoms with Gasteiger partial charge in [0.05, 0.1) is 5.69 Å². The number of nitrogens with one attached hydrogen (secondary N) is 2. The van der Waals surface area contributed by atoms with Gasteiger partial charge in [0, 0.05) is 17.8 Å². The Balaban J connectivity index is 1.80. The summed E-state index contributed by atoms with van der Waals surface area (Å²) in [5, 5.41) is 15.0. The van der Waals surface area contributed by atoms with Crippen molar-refractivity contribution in [1.29, 1.82) is 0 Å². The van der Waals surface area contributed by atoms with Crippen molar-refractivity contribution in [3.8, 4) is 11.1 Å². The first-order valence-electron chi connectivity index (χ1n) is 9.05. The van der Waals surface area contributed by atoms with E-state index in [2.05, 4.69) is 48.7 Å². The minimum absolute atomic E-state index is 0.523. The van der Waals surface area contributed by atoms with Gasteiger partial charge in [0.15, 0.2) is 0 Å². The lowest BCUT2D eigenvalue weighted by Gasteiger charge is -2.14. The maximum absolute atomic E-state index is 11.1. The molecule has 138 valence electrons. The standard InChI is InChI=1S/C23H24N2O2/c1-16(2)18-10-8-17(9-11-18)15-24-20-12-13-22(25-23(26)27)21(14-20)19-6-4-3-5-7-19/h3-14,16,24-25H,15H2,1-2H3,(H,26,27). The molecule has 0 saturated heterocycles. The van der Waals surface area contributed by atoms with Gasteiger partial charge in [0.2, 0.25) is 0 Å². The van der Waals surface area contributed by atoms with E-state index < -0.39 is 6.09 Å². The van der Waals surface area contributed by atoms with Crippen LogP contribution in [0.3, 0.4) is 0 Å². The number of hydrogen-bond acceptors (Lipinski definition) is 2. The summed E-state index contributed by atoms with van der Waals surface area (Å²) < 4.78 is 0. The molecule has 0 atom stereocenters. The van der Waals surface area contributed by atoms with Crippen LogP contribution in [0.1, 0.15) is 30.9 Å². The van der Waals surface area contributed by atoms with Gasteiger partial charge in [-0.1, -0.05) is 68.4 Å². The lowest BCUT2D eigenvalue weighted by atomic mass is 10.0. The number of anilines is 2. The number of hydrogen-bond donors (Lipinski definition) is 3. The smallest absolute Gasteiger partial charge is 0.409 e. The van der Waals surface area contributed by atoms with E-state index >= 15 is 0 Å². The summed E-state index contributed by atoms with van der Waals surface area (Å²) >= 11 is 0. The van der Waals surface area contributed by atoms with Crippen LogP contribution in [0.2, 0.25) is 0 Å². The predicted octanol–water partition coefficient (Wildman–Crippen LogP) is 6.18. The van der Waals surface area contributed by atoms with E-state index in [-0.39, 0.29) is 0 Å². The summed E-state index contributed by atoms with van der Waals surface area (Å²) in [5.41, 5.74) is 5.85. The highest BCUT2D eigenvalue weighted by molar-refractivity contribution is 5.91. The Labute approximate surface area is 159 Å². The molecular formula is C23H24N2O2. The summed E-state index contributed by atoms with van der Waals surface area (Å²) in [6, 6.07) is 24.0. The maximum Gasteiger partial charge on any atom is 0.409 e. The van der Waals surface area contributed by atoms with Crippen LogP contribution in [0.15, 0.2) is 72.8 Å². The van der Waals surface area contributed by atoms with Crippen molar-refractivity contribution >= 4 is 17.5 Å². The fourth-order valence-electron chi connectivity index (χ4n) is 2.96. The summed E-state index contributed by atoms with van der Waals surface area (Å²) in [4.78, 5) is 11.1. The lowest BCUT2D eigenvalue weighted by Crippen LogP contribution is -2.08. The molecule has 0 heterocycles. The first-order chi connectivity index (χ1) is 13.0. The fraction of sp³-hybridized carbons (Fsp3) is 0.174. The van der Waals surface area contributed by atoms with E-state index in [1.54, 1.807) is 6.07 Å². The molecule has 3 aromatic rings. The maximum atomic E-state index is 11.1. The van der Waals surface area contributed by atoms with Crippen LogP contribution >= 0.6 is 0 Å². The Morgan fingerprint density at radius 2 is 1.67 bits per heavy atom. The van der Waals surface area contributed by atoms with Gasteiger partial charge in [0.1, 0.15) is 0 Å². The van der Waals surface area contributed by atoms with E-state index in [1.165, 1.54) is 11.1 Å². The van der Waals surface area contributed by atoms with E-state index in [0.717, 1.165) is 16.8 Å². The van der Waals surface area contributed by atoms with Gasteiger partial charge in [-0.25, -0.2) is 4.79 Å². The molecule has 4 heteroatoms.